The summed E-state index contributed by atoms with van der Waals surface area (Å²) in [7, 11) is 1.64. The normalized spacial score (nSPS) is 10.2. The summed E-state index contributed by atoms with van der Waals surface area (Å²) in [5, 5.41) is 0. The van der Waals surface area contributed by atoms with Crippen LogP contribution in [0.25, 0.3) is 0 Å². The van der Waals surface area contributed by atoms with Crippen molar-refractivity contribution < 1.29 is 9.47 Å². The Bertz CT molecular complexity index is 296. The van der Waals surface area contributed by atoms with E-state index in [4.69, 9.17) is 15.2 Å². The van der Waals surface area contributed by atoms with E-state index in [1.165, 1.54) is 0 Å². The number of para-hydroxylation sites is 1. The molecule has 16 heavy (non-hydrogen) atoms. The second kappa shape index (κ2) is 7.41. The molecular weight excluding hydrogens is 222 g/mol. The maximum absolute atomic E-state index is 5.73. The number of hydrogen-bond acceptors (Lipinski definition) is 4. The molecule has 0 saturated heterocycles. The van der Waals surface area contributed by atoms with Crippen LogP contribution in [0.3, 0.4) is 0 Å². The molecule has 4 heteroatoms. The molecule has 0 aromatic heterocycles. The first kappa shape index (κ1) is 13.2. The second-order valence-corrected chi connectivity index (χ2v) is 4.59. The zero-order chi connectivity index (χ0) is 11.8. The van der Waals surface area contributed by atoms with Crippen molar-refractivity contribution in [2.24, 2.45) is 5.73 Å². The number of thioether (sulfide) groups is 1. The predicted octanol–water partition coefficient (Wildman–Crippen LogP) is 2.29. The molecule has 90 valence electrons. The maximum atomic E-state index is 5.73. The molecular formula is C12H19NO2S. The molecule has 3 nitrogen and oxygen atoms in total. The number of ether oxygens (including phenoxy) is 2. The van der Waals surface area contributed by atoms with Crippen molar-refractivity contribution in [3.05, 3.63) is 23.8 Å². The second-order valence-electron chi connectivity index (χ2n) is 3.20. The smallest absolute Gasteiger partial charge is 0.165 e. The maximum Gasteiger partial charge on any atom is 0.165 e. The van der Waals surface area contributed by atoms with Gasteiger partial charge in [0, 0.05) is 17.9 Å². The van der Waals surface area contributed by atoms with Crippen LogP contribution in [0.1, 0.15) is 12.5 Å². The van der Waals surface area contributed by atoms with E-state index in [-0.39, 0.29) is 0 Å². The number of benzene rings is 1. The summed E-state index contributed by atoms with van der Waals surface area (Å²) in [6.07, 6.45) is 0. The predicted molar refractivity (Wildman–Crippen MR) is 69.4 cm³/mol. The van der Waals surface area contributed by atoms with Gasteiger partial charge in [-0.05, 0) is 11.8 Å². The summed E-state index contributed by atoms with van der Waals surface area (Å²) >= 11 is 1.86. The fourth-order valence-electron chi connectivity index (χ4n) is 1.39. The number of hydrogen-bond donors (Lipinski definition) is 1. The minimum absolute atomic E-state index is 0.466. The van der Waals surface area contributed by atoms with Crippen LogP contribution in [0.15, 0.2) is 18.2 Å². The Morgan fingerprint density at radius 3 is 2.81 bits per heavy atom. The van der Waals surface area contributed by atoms with Crippen LogP contribution in [-0.2, 0) is 6.54 Å². The third kappa shape index (κ3) is 3.61. The third-order valence-electron chi connectivity index (χ3n) is 2.18. The van der Waals surface area contributed by atoms with Crippen molar-refractivity contribution in [3.63, 3.8) is 0 Å². The minimum Gasteiger partial charge on any atom is -0.493 e. The van der Waals surface area contributed by atoms with Crippen molar-refractivity contribution in [2.45, 2.75) is 13.5 Å². The lowest BCUT2D eigenvalue weighted by Crippen LogP contribution is -2.06. The molecule has 2 N–H and O–H groups in total. The SMILES string of the molecule is CCSCCOc1c(CN)cccc1OC. The van der Waals surface area contributed by atoms with Gasteiger partial charge in [0.2, 0.25) is 0 Å². The fourth-order valence-corrected chi connectivity index (χ4v) is 1.88. The first-order valence-electron chi connectivity index (χ1n) is 5.40. The van der Waals surface area contributed by atoms with E-state index in [0.717, 1.165) is 28.6 Å². The summed E-state index contributed by atoms with van der Waals surface area (Å²) in [4.78, 5) is 0. The van der Waals surface area contributed by atoms with E-state index in [1.54, 1.807) is 7.11 Å². The van der Waals surface area contributed by atoms with Gasteiger partial charge < -0.3 is 15.2 Å². The average Bonchev–Trinajstić information content (AvgIpc) is 2.34. The first-order valence-corrected chi connectivity index (χ1v) is 6.55. The largest absolute Gasteiger partial charge is 0.493 e. The molecule has 0 spiro atoms. The van der Waals surface area contributed by atoms with Gasteiger partial charge in [0.25, 0.3) is 0 Å². The molecule has 0 aliphatic rings. The Morgan fingerprint density at radius 1 is 1.38 bits per heavy atom. The highest BCUT2D eigenvalue weighted by atomic mass is 32.2. The highest BCUT2D eigenvalue weighted by Gasteiger charge is 2.08. The lowest BCUT2D eigenvalue weighted by molar-refractivity contribution is 0.310. The first-order chi connectivity index (χ1) is 7.83. The molecule has 0 amide bonds. The number of nitrogens with two attached hydrogens (primary N) is 1. The fraction of sp³-hybridized carbons (Fsp3) is 0.500. The van der Waals surface area contributed by atoms with Crippen LogP contribution in [-0.4, -0.2) is 25.2 Å². The number of methoxy groups -OCH3 is 1. The van der Waals surface area contributed by atoms with E-state index >= 15 is 0 Å². The van der Waals surface area contributed by atoms with Crippen LogP contribution in [0, 0.1) is 0 Å². The average molecular weight is 241 g/mol. The van der Waals surface area contributed by atoms with E-state index in [1.807, 2.05) is 30.0 Å². The lowest BCUT2D eigenvalue weighted by Gasteiger charge is -2.13. The summed E-state index contributed by atoms with van der Waals surface area (Å²) in [5.41, 5.74) is 6.65. The Balaban J connectivity index is 2.67. The molecule has 0 unspecified atom stereocenters. The molecule has 0 atom stereocenters. The van der Waals surface area contributed by atoms with E-state index < -0.39 is 0 Å². The van der Waals surface area contributed by atoms with E-state index in [0.29, 0.717) is 13.2 Å². The van der Waals surface area contributed by atoms with Gasteiger partial charge in [-0.15, -0.1) is 0 Å². The van der Waals surface area contributed by atoms with Gasteiger partial charge >= 0.3 is 0 Å². The summed E-state index contributed by atoms with van der Waals surface area (Å²) in [5.74, 6) is 3.63. The van der Waals surface area contributed by atoms with Gasteiger partial charge in [-0.25, -0.2) is 0 Å². The van der Waals surface area contributed by atoms with Gasteiger partial charge in [-0.2, -0.15) is 11.8 Å². The van der Waals surface area contributed by atoms with Crippen molar-refractivity contribution in [3.8, 4) is 11.5 Å². The topological polar surface area (TPSA) is 44.5 Å². The standard InChI is InChI=1S/C12H19NO2S/c1-3-16-8-7-15-12-10(9-13)5-4-6-11(12)14-2/h4-6H,3,7-9,13H2,1-2H3. The highest BCUT2D eigenvalue weighted by Crippen LogP contribution is 2.30. The zero-order valence-corrected chi connectivity index (χ0v) is 10.7. The van der Waals surface area contributed by atoms with Crippen molar-refractivity contribution in [1.29, 1.82) is 0 Å². The van der Waals surface area contributed by atoms with Crippen LogP contribution in [0.2, 0.25) is 0 Å². The monoisotopic (exact) mass is 241 g/mol. The molecule has 0 radical (unpaired) electrons. The van der Waals surface area contributed by atoms with Crippen LogP contribution >= 0.6 is 11.8 Å². The molecule has 1 aromatic carbocycles. The summed E-state index contributed by atoms with van der Waals surface area (Å²) in [6.45, 7) is 3.29. The highest BCUT2D eigenvalue weighted by molar-refractivity contribution is 7.99. The van der Waals surface area contributed by atoms with Crippen molar-refractivity contribution >= 4 is 11.8 Å². The summed E-state index contributed by atoms with van der Waals surface area (Å²) in [6, 6.07) is 5.78. The third-order valence-corrected chi connectivity index (χ3v) is 3.04. The van der Waals surface area contributed by atoms with Gasteiger partial charge in [0.1, 0.15) is 0 Å². The van der Waals surface area contributed by atoms with Crippen molar-refractivity contribution in [1.82, 2.24) is 0 Å². The Hall–Kier alpha value is -0.870. The van der Waals surface area contributed by atoms with Crippen molar-refractivity contribution in [2.75, 3.05) is 25.2 Å². The number of rotatable bonds is 7. The van der Waals surface area contributed by atoms with Gasteiger partial charge in [0.05, 0.1) is 13.7 Å². The van der Waals surface area contributed by atoms with Gasteiger partial charge in [-0.3, -0.25) is 0 Å². The summed E-state index contributed by atoms with van der Waals surface area (Å²) < 4.78 is 11.0. The molecule has 0 saturated carbocycles. The zero-order valence-electron chi connectivity index (χ0n) is 9.86. The van der Waals surface area contributed by atoms with Gasteiger partial charge in [0.15, 0.2) is 11.5 Å². The Kier molecular flexibility index (Phi) is 6.11. The molecule has 0 aliphatic heterocycles. The molecule has 0 aliphatic carbocycles. The van der Waals surface area contributed by atoms with E-state index in [9.17, 15) is 0 Å². The Morgan fingerprint density at radius 2 is 2.19 bits per heavy atom. The van der Waals surface area contributed by atoms with Gasteiger partial charge in [-0.1, -0.05) is 19.1 Å². The molecule has 1 aromatic rings. The van der Waals surface area contributed by atoms with E-state index in [2.05, 4.69) is 6.92 Å². The van der Waals surface area contributed by atoms with Crippen LogP contribution < -0.4 is 15.2 Å². The quantitative estimate of drug-likeness (QED) is 0.744. The lowest BCUT2D eigenvalue weighted by atomic mass is 10.2. The minimum atomic E-state index is 0.466. The Labute approximate surface area is 101 Å². The molecule has 0 heterocycles. The molecule has 0 bridgehead atoms. The molecule has 0 fully saturated rings. The molecule has 1 rings (SSSR count). The van der Waals surface area contributed by atoms with Crippen LogP contribution in [0.5, 0.6) is 11.5 Å². The van der Waals surface area contributed by atoms with Crippen LogP contribution in [0.4, 0.5) is 0 Å².